The van der Waals surface area contributed by atoms with Crippen molar-refractivity contribution in [1.82, 2.24) is 9.55 Å². The lowest BCUT2D eigenvalue weighted by Crippen LogP contribution is -2.03. The maximum atomic E-state index is 5.99. The van der Waals surface area contributed by atoms with Gasteiger partial charge in [0.25, 0.3) is 0 Å². The van der Waals surface area contributed by atoms with Crippen LogP contribution < -0.4 is 0 Å². The summed E-state index contributed by atoms with van der Waals surface area (Å²) in [7, 11) is 0. The summed E-state index contributed by atoms with van der Waals surface area (Å²) >= 11 is 5.99. The Balaban J connectivity index is 2.00. The summed E-state index contributed by atoms with van der Waals surface area (Å²) in [5.41, 5.74) is 3.59. The van der Waals surface area contributed by atoms with Gasteiger partial charge in [0.2, 0.25) is 0 Å². The highest BCUT2D eigenvalue weighted by atomic mass is 35.5. The van der Waals surface area contributed by atoms with Crippen molar-refractivity contribution in [2.45, 2.75) is 38.6 Å². The summed E-state index contributed by atoms with van der Waals surface area (Å²) in [5, 5.41) is 0. The molecule has 1 saturated carbocycles. The molecular weight excluding hydrogens is 232 g/mol. The quantitative estimate of drug-likeness (QED) is 0.751. The van der Waals surface area contributed by atoms with Crippen LogP contribution in [0, 0.1) is 12.8 Å². The van der Waals surface area contributed by atoms with Crippen LogP contribution in [0.5, 0.6) is 0 Å². The van der Waals surface area contributed by atoms with Gasteiger partial charge < -0.3 is 4.57 Å². The zero-order valence-electron chi connectivity index (χ0n) is 10.1. The predicted molar refractivity (Wildman–Crippen MR) is 71.4 cm³/mol. The van der Waals surface area contributed by atoms with E-state index in [1.807, 2.05) is 0 Å². The van der Waals surface area contributed by atoms with Crippen LogP contribution in [0.1, 0.15) is 30.7 Å². The lowest BCUT2D eigenvalue weighted by Gasteiger charge is -2.07. The van der Waals surface area contributed by atoms with Gasteiger partial charge in [-0.05, 0) is 37.0 Å². The molecular formula is C14H17ClN2. The highest BCUT2D eigenvalue weighted by Gasteiger charge is 2.21. The Kier molecular flexibility index (Phi) is 2.83. The minimum atomic E-state index is 0.498. The number of benzene rings is 1. The maximum Gasteiger partial charge on any atom is 0.124 e. The van der Waals surface area contributed by atoms with Crippen molar-refractivity contribution in [3.05, 3.63) is 29.6 Å². The Labute approximate surface area is 107 Å². The van der Waals surface area contributed by atoms with Gasteiger partial charge in [-0.15, -0.1) is 11.6 Å². The van der Waals surface area contributed by atoms with E-state index in [0.29, 0.717) is 5.88 Å². The monoisotopic (exact) mass is 248 g/mol. The topological polar surface area (TPSA) is 17.8 Å². The van der Waals surface area contributed by atoms with Gasteiger partial charge in [-0.3, -0.25) is 0 Å². The Morgan fingerprint density at radius 1 is 1.41 bits per heavy atom. The minimum absolute atomic E-state index is 0.498. The molecule has 0 radical (unpaired) electrons. The first-order chi connectivity index (χ1) is 8.28. The molecule has 0 aliphatic heterocycles. The second kappa shape index (κ2) is 4.34. The fraction of sp³-hybridized carbons (Fsp3) is 0.500. The van der Waals surface area contributed by atoms with E-state index in [2.05, 4.69) is 34.7 Å². The van der Waals surface area contributed by atoms with Gasteiger partial charge in [-0.25, -0.2) is 4.98 Å². The molecule has 3 heteroatoms. The largest absolute Gasteiger partial charge is 0.327 e. The third kappa shape index (κ3) is 2.19. The first kappa shape index (κ1) is 11.1. The molecule has 1 heterocycles. The molecule has 0 N–H and O–H groups in total. The lowest BCUT2D eigenvalue weighted by molar-refractivity contribution is 0.594. The molecule has 1 aliphatic carbocycles. The molecule has 2 aromatic rings. The molecule has 0 bridgehead atoms. The maximum absolute atomic E-state index is 5.99. The normalized spacial score (nSPS) is 15.6. The zero-order chi connectivity index (χ0) is 11.8. The van der Waals surface area contributed by atoms with Crippen LogP contribution in [0.25, 0.3) is 11.0 Å². The number of alkyl halides is 1. The van der Waals surface area contributed by atoms with Crippen LogP contribution >= 0.6 is 11.6 Å². The molecule has 0 amide bonds. The Bertz CT molecular complexity index is 540. The Morgan fingerprint density at radius 2 is 2.24 bits per heavy atom. The van der Waals surface area contributed by atoms with Crippen molar-refractivity contribution in [1.29, 1.82) is 0 Å². The zero-order valence-corrected chi connectivity index (χ0v) is 10.9. The predicted octanol–water partition coefficient (Wildman–Crippen LogP) is 3.88. The van der Waals surface area contributed by atoms with E-state index in [1.54, 1.807) is 0 Å². The fourth-order valence-electron chi connectivity index (χ4n) is 2.35. The second-order valence-electron chi connectivity index (χ2n) is 5.04. The van der Waals surface area contributed by atoms with E-state index in [0.717, 1.165) is 23.8 Å². The molecule has 90 valence electrons. The lowest BCUT2D eigenvalue weighted by atomic mass is 10.2. The number of hydrogen-bond acceptors (Lipinski definition) is 1. The van der Waals surface area contributed by atoms with E-state index in [4.69, 9.17) is 11.6 Å². The molecule has 3 rings (SSSR count). The Morgan fingerprint density at radius 3 is 2.94 bits per heavy atom. The molecule has 1 aromatic heterocycles. The van der Waals surface area contributed by atoms with Crippen molar-refractivity contribution in [2.75, 3.05) is 0 Å². The van der Waals surface area contributed by atoms with Crippen molar-refractivity contribution in [2.24, 2.45) is 5.92 Å². The van der Waals surface area contributed by atoms with Gasteiger partial charge in [0.15, 0.2) is 0 Å². The molecule has 0 unspecified atom stereocenters. The molecule has 1 fully saturated rings. The van der Waals surface area contributed by atoms with Crippen molar-refractivity contribution >= 4 is 22.6 Å². The number of halogens is 1. The number of imidazole rings is 1. The summed E-state index contributed by atoms with van der Waals surface area (Å²) in [6, 6.07) is 6.41. The van der Waals surface area contributed by atoms with E-state index < -0.39 is 0 Å². The Hall–Kier alpha value is -1.02. The van der Waals surface area contributed by atoms with E-state index in [9.17, 15) is 0 Å². The first-order valence-corrected chi connectivity index (χ1v) is 6.83. The van der Waals surface area contributed by atoms with Gasteiger partial charge >= 0.3 is 0 Å². The second-order valence-corrected chi connectivity index (χ2v) is 5.30. The van der Waals surface area contributed by atoms with Gasteiger partial charge in [-0.2, -0.15) is 0 Å². The third-order valence-electron chi connectivity index (χ3n) is 3.56. The van der Waals surface area contributed by atoms with Crippen LogP contribution in [-0.2, 0) is 12.4 Å². The molecule has 0 saturated heterocycles. The smallest absolute Gasteiger partial charge is 0.124 e. The average Bonchev–Trinajstić information content (AvgIpc) is 3.08. The molecule has 0 spiro atoms. The van der Waals surface area contributed by atoms with E-state index in [-0.39, 0.29) is 0 Å². The third-order valence-corrected chi connectivity index (χ3v) is 3.80. The van der Waals surface area contributed by atoms with Crippen molar-refractivity contribution < 1.29 is 0 Å². The molecule has 0 atom stereocenters. The number of aromatic nitrogens is 2. The number of nitrogens with zero attached hydrogens (tertiary/aromatic N) is 2. The standard InChI is InChI=1S/C14H17ClN2/c1-10-2-5-12-13(8-10)17(14(9-15)16-12)7-6-11-3-4-11/h2,5,8,11H,3-4,6-7,9H2,1H3. The van der Waals surface area contributed by atoms with Crippen LogP contribution in [-0.4, -0.2) is 9.55 Å². The minimum Gasteiger partial charge on any atom is -0.327 e. The van der Waals surface area contributed by atoms with E-state index >= 15 is 0 Å². The van der Waals surface area contributed by atoms with Gasteiger partial charge in [0.1, 0.15) is 5.82 Å². The van der Waals surface area contributed by atoms with Gasteiger partial charge in [-0.1, -0.05) is 18.9 Å². The molecule has 1 aliphatic rings. The SMILES string of the molecule is Cc1ccc2nc(CCl)n(CCC3CC3)c2c1. The summed E-state index contributed by atoms with van der Waals surface area (Å²) in [6.45, 7) is 3.19. The highest BCUT2D eigenvalue weighted by Crippen LogP contribution is 2.33. The number of hydrogen-bond donors (Lipinski definition) is 0. The van der Waals surface area contributed by atoms with Crippen molar-refractivity contribution in [3.8, 4) is 0 Å². The van der Waals surface area contributed by atoms with Gasteiger partial charge in [0, 0.05) is 6.54 Å². The number of rotatable bonds is 4. The van der Waals surface area contributed by atoms with E-state index in [1.165, 1.54) is 30.3 Å². The van der Waals surface area contributed by atoms with Crippen LogP contribution in [0.2, 0.25) is 0 Å². The van der Waals surface area contributed by atoms with Gasteiger partial charge in [0.05, 0.1) is 16.9 Å². The highest BCUT2D eigenvalue weighted by molar-refractivity contribution is 6.16. The molecule has 2 nitrogen and oxygen atoms in total. The number of fused-ring (bicyclic) bond motifs is 1. The summed E-state index contributed by atoms with van der Waals surface area (Å²) in [4.78, 5) is 4.60. The van der Waals surface area contributed by atoms with Crippen LogP contribution in [0.4, 0.5) is 0 Å². The molecule has 1 aromatic carbocycles. The summed E-state index contributed by atoms with van der Waals surface area (Å²) in [6.07, 6.45) is 4.08. The van der Waals surface area contributed by atoms with Crippen molar-refractivity contribution in [3.63, 3.8) is 0 Å². The van der Waals surface area contributed by atoms with Crippen LogP contribution in [0.3, 0.4) is 0 Å². The first-order valence-electron chi connectivity index (χ1n) is 6.29. The van der Waals surface area contributed by atoms with Crippen LogP contribution in [0.15, 0.2) is 18.2 Å². The fourth-order valence-corrected chi connectivity index (χ4v) is 2.56. The summed E-state index contributed by atoms with van der Waals surface area (Å²) < 4.78 is 2.30. The summed E-state index contributed by atoms with van der Waals surface area (Å²) in [5.74, 6) is 2.45. The number of aryl methyl sites for hydroxylation is 2. The molecule has 17 heavy (non-hydrogen) atoms. The average molecular weight is 249 g/mol.